The second kappa shape index (κ2) is 10.6. The fraction of sp³-hybridized carbons (Fsp3) is 0.160. The van der Waals surface area contributed by atoms with Crippen LogP contribution in [0.25, 0.3) is 5.69 Å². The number of para-hydroxylation sites is 1. The van der Waals surface area contributed by atoms with Crippen molar-refractivity contribution in [3.05, 3.63) is 102 Å². The minimum atomic E-state index is -0.0565. The van der Waals surface area contributed by atoms with Crippen LogP contribution in [0, 0.1) is 6.92 Å². The summed E-state index contributed by atoms with van der Waals surface area (Å²) in [6.45, 7) is 2.80. The second-order valence-corrected chi connectivity index (χ2v) is 8.17. The third-order valence-electron chi connectivity index (χ3n) is 4.74. The van der Waals surface area contributed by atoms with Gasteiger partial charge in [0.1, 0.15) is 12.4 Å². The quantitative estimate of drug-likeness (QED) is 0.383. The lowest BCUT2D eigenvalue weighted by atomic mass is 10.2. The Morgan fingerprint density at radius 3 is 2.47 bits per heavy atom. The van der Waals surface area contributed by atoms with E-state index in [1.54, 1.807) is 0 Å². The first-order valence-corrected chi connectivity index (χ1v) is 11.3. The number of hydrogen-bond donors (Lipinski definition) is 1. The normalized spacial score (nSPS) is 10.7. The molecule has 0 unspecified atom stereocenters. The van der Waals surface area contributed by atoms with Gasteiger partial charge in [0.15, 0.2) is 11.0 Å². The summed E-state index contributed by atoms with van der Waals surface area (Å²) in [6, 6.07) is 27.6. The highest BCUT2D eigenvalue weighted by atomic mass is 32.2. The zero-order valence-corrected chi connectivity index (χ0v) is 18.6. The van der Waals surface area contributed by atoms with Crippen LogP contribution in [0.5, 0.6) is 5.75 Å². The largest absolute Gasteiger partial charge is 0.486 e. The van der Waals surface area contributed by atoms with Crippen LogP contribution < -0.4 is 10.1 Å². The van der Waals surface area contributed by atoms with E-state index >= 15 is 0 Å². The third kappa shape index (κ3) is 5.76. The lowest BCUT2D eigenvalue weighted by Gasteiger charge is -2.11. The van der Waals surface area contributed by atoms with E-state index in [1.807, 2.05) is 96.4 Å². The number of thioether (sulfide) groups is 1. The van der Waals surface area contributed by atoms with Crippen LogP contribution in [-0.2, 0) is 17.9 Å². The fourth-order valence-corrected chi connectivity index (χ4v) is 3.96. The molecule has 32 heavy (non-hydrogen) atoms. The zero-order valence-electron chi connectivity index (χ0n) is 17.8. The average Bonchev–Trinajstić information content (AvgIpc) is 3.24. The number of rotatable bonds is 9. The molecule has 7 heteroatoms. The van der Waals surface area contributed by atoms with Gasteiger partial charge in [0.05, 0.1) is 5.75 Å². The van der Waals surface area contributed by atoms with Crippen molar-refractivity contribution in [1.29, 1.82) is 0 Å². The highest BCUT2D eigenvalue weighted by Crippen LogP contribution is 2.23. The predicted octanol–water partition coefficient (Wildman–Crippen LogP) is 4.56. The first-order chi connectivity index (χ1) is 15.7. The summed E-state index contributed by atoms with van der Waals surface area (Å²) in [5, 5.41) is 12.3. The van der Waals surface area contributed by atoms with E-state index in [1.165, 1.54) is 11.8 Å². The number of carbonyl (C=O) groups is 1. The van der Waals surface area contributed by atoms with Crippen LogP contribution >= 0.6 is 11.8 Å². The Bertz CT molecular complexity index is 1160. The Balaban J connectivity index is 1.45. The van der Waals surface area contributed by atoms with Crippen LogP contribution in [0.3, 0.4) is 0 Å². The van der Waals surface area contributed by atoms with Gasteiger partial charge in [-0.2, -0.15) is 0 Å². The van der Waals surface area contributed by atoms with E-state index in [0.29, 0.717) is 17.5 Å². The lowest BCUT2D eigenvalue weighted by Crippen LogP contribution is -2.24. The Morgan fingerprint density at radius 2 is 1.72 bits per heavy atom. The van der Waals surface area contributed by atoms with E-state index in [0.717, 1.165) is 22.6 Å². The van der Waals surface area contributed by atoms with Crippen LogP contribution in [0.4, 0.5) is 0 Å². The molecule has 0 aliphatic rings. The Kier molecular flexibility index (Phi) is 7.19. The van der Waals surface area contributed by atoms with Crippen LogP contribution in [0.15, 0.2) is 90.1 Å². The molecule has 1 heterocycles. The molecule has 0 fully saturated rings. The number of carbonyl (C=O) groups excluding carboxylic acids is 1. The Morgan fingerprint density at radius 1 is 0.969 bits per heavy atom. The summed E-state index contributed by atoms with van der Waals surface area (Å²) in [4.78, 5) is 12.4. The molecule has 0 saturated carbocycles. The van der Waals surface area contributed by atoms with Crippen LogP contribution in [0.2, 0.25) is 0 Å². The molecule has 0 bridgehead atoms. The number of aryl methyl sites for hydroxylation is 1. The minimum Gasteiger partial charge on any atom is -0.486 e. The lowest BCUT2D eigenvalue weighted by molar-refractivity contribution is -0.118. The smallest absolute Gasteiger partial charge is 0.230 e. The number of aromatic nitrogens is 3. The molecule has 1 N–H and O–H groups in total. The number of nitrogens with one attached hydrogen (secondary N) is 1. The van der Waals surface area contributed by atoms with E-state index in [9.17, 15) is 4.79 Å². The molecule has 0 atom stereocenters. The van der Waals surface area contributed by atoms with Crippen molar-refractivity contribution in [2.45, 2.75) is 25.2 Å². The van der Waals surface area contributed by atoms with Gasteiger partial charge in [-0.3, -0.25) is 9.36 Å². The van der Waals surface area contributed by atoms with E-state index in [2.05, 4.69) is 15.5 Å². The monoisotopic (exact) mass is 444 g/mol. The standard InChI is InChI=1S/C25H24N4O2S/c1-19-9-8-14-22(15-19)31-17-23-27-28-25(29(23)21-12-6-3-7-13-21)32-18-24(30)26-16-20-10-4-2-5-11-20/h2-15H,16-18H2,1H3,(H,26,30). The van der Waals surface area contributed by atoms with Crippen LogP contribution in [0.1, 0.15) is 17.0 Å². The van der Waals surface area contributed by atoms with Gasteiger partial charge in [0.2, 0.25) is 5.91 Å². The molecule has 1 amide bonds. The first-order valence-electron chi connectivity index (χ1n) is 10.3. The summed E-state index contributed by atoms with van der Waals surface area (Å²) in [5.41, 5.74) is 3.12. The van der Waals surface area contributed by atoms with Crippen molar-refractivity contribution in [3.8, 4) is 11.4 Å². The van der Waals surface area contributed by atoms with Crippen molar-refractivity contribution in [1.82, 2.24) is 20.1 Å². The van der Waals surface area contributed by atoms with Gasteiger partial charge in [-0.15, -0.1) is 10.2 Å². The molecular weight excluding hydrogens is 420 g/mol. The molecule has 0 radical (unpaired) electrons. The fourth-order valence-electron chi connectivity index (χ4n) is 3.15. The third-order valence-corrected chi connectivity index (χ3v) is 5.67. The maximum Gasteiger partial charge on any atom is 0.230 e. The molecule has 0 saturated heterocycles. The number of nitrogens with zero attached hydrogens (tertiary/aromatic N) is 3. The van der Waals surface area contributed by atoms with Gasteiger partial charge in [0.25, 0.3) is 0 Å². The Hall–Kier alpha value is -3.58. The molecule has 0 spiro atoms. The maximum atomic E-state index is 12.4. The van der Waals surface area contributed by atoms with Gasteiger partial charge in [-0.1, -0.05) is 72.4 Å². The van der Waals surface area contributed by atoms with E-state index < -0.39 is 0 Å². The number of hydrogen-bond acceptors (Lipinski definition) is 5. The molecule has 0 aliphatic heterocycles. The first kappa shape index (κ1) is 21.6. The molecule has 4 aromatic rings. The van der Waals surface area contributed by atoms with Crippen molar-refractivity contribution in [2.75, 3.05) is 5.75 Å². The number of ether oxygens (including phenoxy) is 1. The van der Waals surface area contributed by atoms with Crippen molar-refractivity contribution in [3.63, 3.8) is 0 Å². The molecule has 1 aromatic heterocycles. The number of amides is 1. The molecule has 3 aromatic carbocycles. The maximum absolute atomic E-state index is 12.4. The minimum absolute atomic E-state index is 0.0565. The van der Waals surface area contributed by atoms with Crippen molar-refractivity contribution >= 4 is 17.7 Å². The van der Waals surface area contributed by atoms with Gasteiger partial charge in [-0.25, -0.2) is 0 Å². The molecule has 6 nitrogen and oxygen atoms in total. The average molecular weight is 445 g/mol. The highest BCUT2D eigenvalue weighted by molar-refractivity contribution is 7.99. The molecule has 162 valence electrons. The predicted molar refractivity (Wildman–Crippen MR) is 126 cm³/mol. The second-order valence-electron chi connectivity index (χ2n) is 7.23. The number of benzene rings is 3. The summed E-state index contributed by atoms with van der Waals surface area (Å²) >= 11 is 1.35. The van der Waals surface area contributed by atoms with Crippen LogP contribution in [-0.4, -0.2) is 26.4 Å². The van der Waals surface area contributed by atoms with Gasteiger partial charge in [0, 0.05) is 12.2 Å². The zero-order chi connectivity index (χ0) is 22.2. The Labute approximate surface area is 191 Å². The topological polar surface area (TPSA) is 69.0 Å². The van der Waals surface area contributed by atoms with Crippen molar-refractivity contribution in [2.24, 2.45) is 0 Å². The molecule has 0 aliphatic carbocycles. The van der Waals surface area contributed by atoms with E-state index in [-0.39, 0.29) is 18.3 Å². The summed E-state index contributed by atoms with van der Waals surface area (Å²) in [5.74, 6) is 1.64. The molecule has 4 rings (SSSR count). The summed E-state index contributed by atoms with van der Waals surface area (Å²) in [7, 11) is 0. The molecular formula is C25H24N4O2S. The van der Waals surface area contributed by atoms with Crippen molar-refractivity contribution < 1.29 is 9.53 Å². The SMILES string of the molecule is Cc1cccc(OCc2nnc(SCC(=O)NCc3ccccc3)n2-c2ccccc2)c1. The summed E-state index contributed by atoms with van der Waals surface area (Å²) in [6.07, 6.45) is 0. The van der Waals surface area contributed by atoms with Gasteiger partial charge in [-0.05, 0) is 42.3 Å². The highest BCUT2D eigenvalue weighted by Gasteiger charge is 2.16. The van der Waals surface area contributed by atoms with E-state index in [4.69, 9.17) is 4.74 Å². The summed E-state index contributed by atoms with van der Waals surface area (Å²) < 4.78 is 7.89. The van der Waals surface area contributed by atoms with Gasteiger partial charge < -0.3 is 10.1 Å². The van der Waals surface area contributed by atoms with Gasteiger partial charge >= 0.3 is 0 Å².